The number of primary amides is 1. The number of amides is 2. The Morgan fingerprint density at radius 3 is 2.67 bits per heavy atom. The maximum absolute atomic E-state index is 12.9. The fraction of sp³-hybridized carbons (Fsp3) is 0.333. The Bertz CT molecular complexity index is 827. The van der Waals surface area contributed by atoms with Gasteiger partial charge in [-0.25, -0.2) is 4.39 Å². The fourth-order valence-electron chi connectivity index (χ4n) is 2.92. The lowest BCUT2D eigenvalue weighted by Crippen LogP contribution is -2.30. The van der Waals surface area contributed by atoms with E-state index >= 15 is 0 Å². The van der Waals surface area contributed by atoms with Crippen LogP contribution in [0.25, 0.3) is 0 Å². The Morgan fingerprint density at radius 1 is 1.33 bits per heavy atom. The van der Waals surface area contributed by atoms with Gasteiger partial charge in [-0.1, -0.05) is 6.92 Å². The molecule has 0 spiro atoms. The summed E-state index contributed by atoms with van der Waals surface area (Å²) < 4.78 is 12.9. The maximum atomic E-state index is 12.9. The molecule has 27 heavy (non-hydrogen) atoms. The zero-order valence-corrected chi connectivity index (χ0v) is 17.2. The first kappa shape index (κ1) is 21.7. The van der Waals surface area contributed by atoms with E-state index in [1.54, 1.807) is 12.1 Å². The number of nitrogens with two attached hydrogens (primary N) is 1. The monoisotopic (exact) mass is 429 g/mol. The van der Waals surface area contributed by atoms with Crippen molar-refractivity contribution in [2.75, 3.05) is 24.2 Å². The number of fused-ring (bicyclic) bond motifs is 1. The number of nitrogens with one attached hydrogen (secondary N) is 1. The number of thiophene rings is 1. The van der Waals surface area contributed by atoms with Gasteiger partial charge in [0.2, 0.25) is 5.91 Å². The lowest BCUT2D eigenvalue weighted by molar-refractivity contribution is -0.113. The molecule has 2 amide bonds. The zero-order valence-electron chi connectivity index (χ0n) is 14.8. The molecule has 9 heteroatoms. The second kappa shape index (κ2) is 9.54. The molecule has 1 aromatic heterocycles. The minimum absolute atomic E-state index is 0. The van der Waals surface area contributed by atoms with Crippen LogP contribution < -0.4 is 11.1 Å². The minimum Gasteiger partial charge on any atom is -0.365 e. The quantitative estimate of drug-likeness (QED) is 0.689. The molecular formula is C18H21ClFN3O2S2. The molecule has 1 aliphatic rings. The van der Waals surface area contributed by atoms with Gasteiger partial charge in [-0.15, -0.1) is 35.5 Å². The van der Waals surface area contributed by atoms with Crippen LogP contribution >= 0.6 is 35.5 Å². The lowest BCUT2D eigenvalue weighted by Gasteiger charge is -2.25. The summed E-state index contributed by atoms with van der Waals surface area (Å²) in [6.07, 6.45) is 0.762. The Hall–Kier alpha value is -1.61. The van der Waals surface area contributed by atoms with Crippen molar-refractivity contribution >= 4 is 52.3 Å². The third-order valence-corrected chi connectivity index (χ3v) is 6.41. The fourth-order valence-corrected chi connectivity index (χ4v) is 4.93. The molecule has 3 N–H and O–H groups in total. The van der Waals surface area contributed by atoms with E-state index in [-0.39, 0.29) is 29.9 Å². The second-order valence-electron chi connectivity index (χ2n) is 5.98. The third-order valence-electron chi connectivity index (χ3n) is 4.27. The molecule has 0 bridgehead atoms. The third kappa shape index (κ3) is 5.22. The smallest absolute Gasteiger partial charge is 0.251 e. The van der Waals surface area contributed by atoms with E-state index in [4.69, 9.17) is 5.73 Å². The summed E-state index contributed by atoms with van der Waals surface area (Å²) in [5, 5.41) is 3.36. The number of carbonyl (C=O) groups excluding carboxylic acids is 2. The summed E-state index contributed by atoms with van der Waals surface area (Å²) >= 11 is 2.74. The van der Waals surface area contributed by atoms with Crippen molar-refractivity contribution in [1.82, 2.24) is 4.90 Å². The molecule has 0 saturated heterocycles. The summed E-state index contributed by atoms with van der Waals surface area (Å²) in [6, 6.07) is 5.98. The Balaban J connectivity index is 0.00000261. The molecule has 5 nitrogen and oxygen atoms in total. The van der Waals surface area contributed by atoms with Crippen LogP contribution in [0.2, 0.25) is 0 Å². The van der Waals surface area contributed by atoms with Crippen LogP contribution in [0.3, 0.4) is 0 Å². The van der Waals surface area contributed by atoms with Gasteiger partial charge in [-0.2, -0.15) is 0 Å². The van der Waals surface area contributed by atoms with Crippen LogP contribution in [0.1, 0.15) is 27.7 Å². The van der Waals surface area contributed by atoms with E-state index in [1.807, 2.05) is 0 Å². The molecule has 0 aliphatic carbocycles. The van der Waals surface area contributed by atoms with Crippen molar-refractivity contribution in [2.45, 2.75) is 24.8 Å². The molecule has 0 radical (unpaired) electrons. The number of rotatable bonds is 6. The van der Waals surface area contributed by atoms with Crippen molar-refractivity contribution in [2.24, 2.45) is 5.73 Å². The number of anilines is 1. The molecule has 0 saturated carbocycles. The summed E-state index contributed by atoms with van der Waals surface area (Å²) in [4.78, 5) is 28.4. The standard InChI is InChI=1S/C18H20FN3O2S2.ClH/c1-2-22-8-7-13-14(9-22)26-18(16(13)17(20)24)21-15(23)10-25-12-5-3-11(19)4-6-12;/h3-6H,2,7-10H2,1H3,(H2,20,24)(H,21,23);1H. The first-order valence-electron chi connectivity index (χ1n) is 8.32. The number of hydrogen-bond acceptors (Lipinski definition) is 5. The summed E-state index contributed by atoms with van der Waals surface area (Å²) in [5.41, 5.74) is 6.98. The van der Waals surface area contributed by atoms with Crippen LogP contribution in [0, 0.1) is 5.82 Å². The van der Waals surface area contributed by atoms with Crippen LogP contribution in [0.4, 0.5) is 9.39 Å². The number of thioether (sulfide) groups is 1. The summed E-state index contributed by atoms with van der Waals surface area (Å²) in [6.45, 7) is 4.70. The van der Waals surface area contributed by atoms with E-state index < -0.39 is 5.91 Å². The largest absolute Gasteiger partial charge is 0.365 e. The Morgan fingerprint density at radius 2 is 2.04 bits per heavy atom. The van der Waals surface area contributed by atoms with E-state index in [2.05, 4.69) is 17.1 Å². The summed E-state index contributed by atoms with van der Waals surface area (Å²) in [7, 11) is 0. The van der Waals surface area contributed by atoms with Crippen molar-refractivity contribution in [3.05, 3.63) is 46.1 Å². The van der Waals surface area contributed by atoms with Crippen LogP contribution in [0.15, 0.2) is 29.2 Å². The molecule has 146 valence electrons. The molecule has 0 unspecified atom stereocenters. The van der Waals surface area contributed by atoms with Gasteiger partial charge in [0.15, 0.2) is 0 Å². The van der Waals surface area contributed by atoms with Gasteiger partial charge in [0.25, 0.3) is 5.91 Å². The summed E-state index contributed by atoms with van der Waals surface area (Å²) in [5.74, 6) is -0.857. The van der Waals surface area contributed by atoms with Gasteiger partial charge in [0.05, 0.1) is 11.3 Å². The first-order valence-corrected chi connectivity index (χ1v) is 10.1. The SMILES string of the molecule is CCN1CCc2c(sc(NC(=O)CSc3ccc(F)cc3)c2C(N)=O)C1.Cl. The van der Waals surface area contributed by atoms with Crippen LogP contribution in [-0.4, -0.2) is 35.6 Å². The highest BCUT2D eigenvalue weighted by Crippen LogP contribution is 2.37. The van der Waals surface area contributed by atoms with E-state index in [0.29, 0.717) is 10.6 Å². The number of benzene rings is 1. The van der Waals surface area contributed by atoms with E-state index in [9.17, 15) is 14.0 Å². The van der Waals surface area contributed by atoms with Gasteiger partial charge >= 0.3 is 0 Å². The van der Waals surface area contributed by atoms with Crippen molar-refractivity contribution in [3.63, 3.8) is 0 Å². The average molecular weight is 430 g/mol. The topological polar surface area (TPSA) is 75.4 Å². The number of nitrogens with zero attached hydrogens (tertiary/aromatic N) is 1. The molecular weight excluding hydrogens is 409 g/mol. The van der Waals surface area contributed by atoms with Crippen molar-refractivity contribution in [1.29, 1.82) is 0 Å². The minimum atomic E-state index is -0.506. The van der Waals surface area contributed by atoms with E-state index in [0.717, 1.165) is 41.4 Å². The maximum Gasteiger partial charge on any atom is 0.251 e. The molecule has 1 aliphatic heterocycles. The number of carbonyl (C=O) groups is 2. The predicted octanol–water partition coefficient (Wildman–Crippen LogP) is 3.52. The van der Waals surface area contributed by atoms with Gasteiger partial charge in [0, 0.05) is 22.9 Å². The molecule has 0 atom stereocenters. The van der Waals surface area contributed by atoms with Crippen LogP contribution in [-0.2, 0) is 17.8 Å². The lowest BCUT2D eigenvalue weighted by atomic mass is 10.0. The highest BCUT2D eigenvalue weighted by molar-refractivity contribution is 8.00. The highest BCUT2D eigenvalue weighted by atomic mass is 35.5. The molecule has 3 rings (SSSR count). The molecule has 0 fully saturated rings. The normalized spacial score (nSPS) is 13.6. The Kier molecular flexibility index (Phi) is 7.67. The number of hydrogen-bond donors (Lipinski definition) is 2. The van der Waals surface area contributed by atoms with Crippen LogP contribution in [0.5, 0.6) is 0 Å². The first-order chi connectivity index (χ1) is 12.5. The number of likely N-dealkylation sites (N-methyl/N-ethyl adjacent to an activating group) is 1. The van der Waals surface area contributed by atoms with Crippen molar-refractivity contribution < 1.29 is 14.0 Å². The molecule has 1 aromatic carbocycles. The molecule has 2 aromatic rings. The Labute approximate surface area is 171 Å². The average Bonchev–Trinajstić information content (AvgIpc) is 2.98. The zero-order chi connectivity index (χ0) is 18.7. The van der Waals surface area contributed by atoms with Gasteiger partial charge in [0.1, 0.15) is 10.8 Å². The number of halogens is 2. The van der Waals surface area contributed by atoms with Gasteiger partial charge in [-0.3, -0.25) is 14.5 Å². The van der Waals surface area contributed by atoms with Gasteiger partial charge in [-0.05, 0) is 42.8 Å². The second-order valence-corrected chi connectivity index (χ2v) is 8.14. The van der Waals surface area contributed by atoms with Crippen molar-refractivity contribution in [3.8, 4) is 0 Å². The highest BCUT2D eigenvalue weighted by Gasteiger charge is 2.27. The van der Waals surface area contributed by atoms with E-state index in [1.165, 1.54) is 35.2 Å². The predicted molar refractivity (Wildman–Crippen MR) is 110 cm³/mol. The molecule has 2 heterocycles. The van der Waals surface area contributed by atoms with Gasteiger partial charge < -0.3 is 11.1 Å².